The molecule has 130 valence electrons. The van der Waals surface area contributed by atoms with Crippen LogP contribution in [-0.4, -0.2) is 27.4 Å². The Morgan fingerprint density at radius 2 is 2.08 bits per heavy atom. The van der Waals surface area contributed by atoms with Gasteiger partial charge in [-0.25, -0.2) is 4.98 Å². The number of carbonyl (C=O) groups is 2. The molecule has 1 aliphatic carbocycles. The van der Waals surface area contributed by atoms with Crippen LogP contribution >= 0.6 is 0 Å². The summed E-state index contributed by atoms with van der Waals surface area (Å²) in [5.41, 5.74) is 1.55. The Kier molecular flexibility index (Phi) is 5.28. The first-order valence-electron chi connectivity index (χ1n) is 8.45. The molecule has 25 heavy (non-hydrogen) atoms. The third-order valence-corrected chi connectivity index (χ3v) is 4.57. The van der Waals surface area contributed by atoms with Gasteiger partial charge in [-0.2, -0.15) is 0 Å². The van der Waals surface area contributed by atoms with Crippen LogP contribution in [0.3, 0.4) is 0 Å². The summed E-state index contributed by atoms with van der Waals surface area (Å²) in [6, 6.07) is 7.64. The second-order valence-corrected chi connectivity index (χ2v) is 6.21. The number of rotatable bonds is 6. The minimum absolute atomic E-state index is 0.0707. The molecule has 0 spiro atoms. The molecule has 0 aliphatic heterocycles. The van der Waals surface area contributed by atoms with Crippen molar-refractivity contribution in [3.05, 3.63) is 66.8 Å². The molecule has 0 bridgehead atoms. The largest absolute Gasteiger partial charge is 0.348 e. The first kappa shape index (κ1) is 17.0. The van der Waals surface area contributed by atoms with Crippen molar-refractivity contribution in [2.75, 3.05) is 0 Å². The zero-order valence-corrected chi connectivity index (χ0v) is 14.0. The van der Waals surface area contributed by atoms with Crippen LogP contribution in [0, 0.1) is 0 Å². The second kappa shape index (κ2) is 7.79. The van der Waals surface area contributed by atoms with Gasteiger partial charge in [0.05, 0.1) is 12.4 Å². The summed E-state index contributed by atoms with van der Waals surface area (Å²) < 4.78 is 2.07. The van der Waals surface area contributed by atoms with E-state index in [-0.39, 0.29) is 23.9 Å². The first-order chi connectivity index (χ1) is 12.2. The molecule has 6 nitrogen and oxygen atoms in total. The maximum atomic E-state index is 12.5. The lowest BCUT2D eigenvalue weighted by Crippen LogP contribution is -2.38. The molecular formula is C19H22N4O2. The summed E-state index contributed by atoms with van der Waals surface area (Å²) in [5.74, 6) is -0.285. The van der Waals surface area contributed by atoms with E-state index in [2.05, 4.69) is 26.8 Å². The molecule has 2 atom stereocenters. The summed E-state index contributed by atoms with van der Waals surface area (Å²) in [4.78, 5) is 27.8. The van der Waals surface area contributed by atoms with E-state index >= 15 is 0 Å². The summed E-state index contributed by atoms with van der Waals surface area (Å²) in [7, 11) is 0. The topological polar surface area (TPSA) is 76.0 Å². The van der Waals surface area contributed by atoms with E-state index in [0.29, 0.717) is 12.1 Å². The van der Waals surface area contributed by atoms with Crippen LogP contribution in [0.2, 0.25) is 0 Å². The molecule has 2 unspecified atom stereocenters. The summed E-state index contributed by atoms with van der Waals surface area (Å²) in [6.07, 6.45) is 9.86. The second-order valence-electron chi connectivity index (χ2n) is 6.21. The summed E-state index contributed by atoms with van der Waals surface area (Å²) >= 11 is 0. The first-order valence-corrected chi connectivity index (χ1v) is 8.45. The quantitative estimate of drug-likeness (QED) is 0.793. The van der Waals surface area contributed by atoms with Crippen molar-refractivity contribution in [3.8, 4) is 0 Å². The Bertz CT molecular complexity index is 737. The zero-order valence-electron chi connectivity index (χ0n) is 14.0. The van der Waals surface area contributed by atoms with Crippen LogP contribution in [-0.2, 0) is 11.3 Å². The lowest BCUT2D eigenvalue weighted by atomic mass is 10.1. The minimum Gasteiger partial charge on any atom is -0.348 e. The molecule has 3 rings (SSSR count). The summed E-state index contributed by atoms with van der Waals surface area (Å²) in [6.45, 7) is 3.83. The van der Waals surface area contributed by atoms with Crippen molar-refractivity contribution in [1.82, 2.24) is 20.2 Å². The smallest absolute Gasteiger partial charge is 0.251 e. The van der Waals surface area contributed by atoms with Gasteiger partial charge in [-0.1, -0.05) is 18.7 Å². The molecule has 1 aliphatic rings. The number of aromatic nitrogens is 2. The van der Waals surface area contributed by atoms with E-state index in [4.69, 9.17) is 0 Å². The standard InChI is InChI=1S/C19H22N4O2/c1-2-18(24)21-12-14-6-8-15(9-7-14)19(25)22-16-4-3-5-17(16)23-11-10-20-13-23/h2,6-11,13,16-17H,1,3-5,12H2,(H,21,24)(H,22,25). The fourth-order valence-electron chi connectivity index (χ4n) is 3.22. The van der Waals surface area contributed by atoms with Crippen LogP contribution < -0.4 is 10.6 Å². The van der Waals surface area contributed by atoms with Crippen molar-refractivity contribution < 1.29 is 9.59 Å². The number of hydrogen-bond donors (Lipinski definition) is 2. The summed E-state index contributed by atoms with van der Waals surface area (Å²) in [5, 5.41) is 5.85. The average molecular weight is 338 g/mol. The van der Waals surface area contributed by atoms with E-state index in [1.54, 1.807) is 18.3 Å². The van der Waals surface area contributed by atoms with Gasteiger partial charge in [0.25, 0.3) is 5.91 Å². The van der Waals surface area contributed by atoms with E-state index in [1.807, 2.05) is 24.7 Å². The number of hydrogen-bond acceptors (Lipinski definition) is 3. The molecule has 1 saturated carbocycles. The molecule has 1 aromatic carbocycles. The lowest BCUT2D eigenvalue weighted by Gasteiger charge is -2.22. The fraction of sp³-hybridized carbons (Fsp3) is 0.316. The number of carbonyl (C=O) groups excluding carboxylic acids is 2. The highest BCUT2D eigenvalue weighted by atomic mass is 16.2. The van der Waals surface area contributed by atoms with Crippen LogP contribution in [0.4, 0.5) is 0 Å². The van der Waals surface area contributed by atoms with Gasteiger partial charge in [-0.15, -0.1) is 0 Å². The van der Waals surface area contributed by atoms with Crippen molar-refractivity contribution in [3.63, 3.8) is 0 Å². The van der Waals surface area contributed by atoms with Gasteiger partial charge in [0.2, 0.25) is 5.91 Å². The van der Waals surface area contributed by atoms with Gasteiger partial charge in [0.15, 0.2) is 0 Å². The number of nitrogens with zero attached hydrogens (tertiary/aromatic N) is 2. The van der Waals surface area contributed by atoms with Crippen molar-refractivity contribution in [1.29, 1.82) is 0 Å². The normalized spacial score (nSPS) is 19.4. The molecule has 0 saturated heterocycles. The van der Waals surface area contributed by atoms with Gasteiger partial charge in [0, 0.05) is 30.5 Å². The number of benzene rings is 1. The molecule has 1 aromatic heterocycles. The van der Waals surface area contributed by atoms with Gasteiger partial charge in [0.1, 0.15) is 0 Å². The van der Waals surface area contributed by atoms with Crippen LogP contribution in [0.1, 0.15) is 41.2 Å². The highest BCUT2D eigenvalue weighted by molar-refractivity contribution is 5.94. The maximum absolute atomic E-state index is 12.5. The number of imidazole rings is 1. The lowest BCUT2D eigenvalue weighted by molar-refractivity contribution is -0.116. The molecule has 6 heteroatoms. The Morgan fingerprint density at radius 3 is 2.76 bits per heavy atom. The highest BCUT2D eigenvalue weighted by Crippen LogP contribution is 2.30. The van der Waals surface area contributed by atoms with E-state index < -0.39 is 0 Å². The third-order valence-electron chi connectivity index (χ3n) is 4.57. The van der Waals surface area contributed by atoms with Crippen molar-refractivity contribution in [2.45, 2.75) is 37.9 Å². The van der Waals surface area contributed by atoms with Crippen LogP contribution in [0.25, 0.3) is 0 Å². The predicted molar refractivity (Wildman–Crippen MR) is 94.9 cm³/mol. The Hall–Kier alpha value is -2.89. The van der Waals surface area contributed by atoms with E-state index in [1.165, 1.54) is 6.08 Å². The Balaban J connectivity index is 1.59. The average Bonchev–Trinajstić information content (AvgIpc) is 3.31. The van der Waals surface area contributed by atoms with Gasteiger partial charge < -0.3 is 15.2 Å². The van der Waals surface area contributed by atoms with Crippen LogP contribution in [0.5, 0.6) is 0 Å². The molecule has 1 fully saturated rings. The highest BCUT2D eigenvalue weighted by Gasteiger charge is 2.29. The molecule has 2 aromatic rings. The minimum atomic E-state index is -0.214. The third kappa shape index (κ3) is 4.15. The van der Waals surface area contributed by atoms with Crippen molar-refractivity contribution in [2.24, 2.45) is 0 Å². The SMILES string of the molecule is C=CC(=O)NCc1ccc(C(=O)NC2CCCC2n2ccnc2)cc1. The maximum Gasteiger partial charge on any atom is 0.251 e. The monoisotopic (exact) mass is 338 g/mol. The Morgan fingerprint density at radius 1 is 1.28 bits per heavy atom. The van der Waals surface area contributed by atoms with Gasteiger partial charge >= 0.3 is 0 Å². The van der Waals surface area contributed by atoms with E-state index in [9.17, 15) is 9.59 Å². The van der Waals surface area contributed by atoms with Crippen molar-refractivity contribution >= 4 is 11.8 Å². The molecular weight excluding hydrogens is 316 g/mol. The van der Waals surface area contributed by atoms with Gasteiger partial charge in [-0.3, -0.25) is 9.59 Å². The molecule has 1 heterocycles. The molecule has 0 radical (unpaired) electrons. The zero-order chi connectivity index (χ0) is 17.6. The van der Waals surface area contributed by atoms with Gasteiger partial charge in [-0.05, 0) is 43.0 Å². The Labute approximate surface area is 147 Å². The molecule has 2 N–H and O–H groups in total. The predicted octanol–water partition coefficient (Wildman–Crippen LogP) is 2.21. The van der Waals surface area contributed by atoms with E-state index in [0.717, 1.165) is 24.8 Å². The van der Waals surface area contributed by atoms with Crippen LogP contribution in [0.15, 0.2) is 55.6 Å². The molecule has 2 amide bonds. The number of nitrogens with one attached hydrogen (secondary N) is 2. The number of amides is 2. The fourth-order valence-corrected chi connectivity index (χ4v) is 3.22.